The zero-order valence-electron chi connectivity index (χ0n) is 17.4. The Balaban J connectivity index is 1.67. The van der Waals surface area contributed by atoms with Crippen LogP contribution in [0, 0.1) is 10.1 Å². The lowest BCUT2D eigenvalue weighted by molar-refractivity contribution is -0.384. The van der Waals surface area contributed by atoms with Gasteiger partial charge in [-0.25, -0.2) is 4.98 Å². The molecule has 9 nitrogen and oxygen atoms in total. The molecular formula is C23H18N4O5. The molecule has 160 valence electrons. The van der Waals surface area contributed by atoms with Crippen molar-refractivity contribution in [1.82, 2.24) is 14.8 Å². The third-order valence-corrected chi connectivity index (χ3v) is 5.56. The maximum Gasteiger partial charge on any atom is 0.269 e. The van der Waals surface area contributed by atoms with Crippen LogP contribution < -0.4 is 0 Å². The van der Waals surface area contributed by atoms with Crippen LogP contribution in [0.4, 0.5) is 5.69 Å². The Morgan fingerprint density at radius 3 is 2.47 bits per heavy atom. The van der Waals surface area contributed by atoms with Crippen LogP contribution in [-0.2, 0) is 0 Å². The van der Waals surface area contributed by atoms with Gasteiger partial charge in [0.15, 0.2) is 5.58 Å². The smallest absolute Gasteiger partial charge is 0.269 e. The molecule has 0 atom stereocenters. The number of rotatable bonds is 5. The van der Waals surface area contributed by atoms with E-state index < -0.39 is 4.92 Å². The van der Waals surface area contributed by atoms with Crippen LogP contribution in [0.25, 0.3) is 33.3 Å². The van der Waals surface area contributed by atoms with Crippen LogP contribution in [0.1, 0.15) is 20.7 Å². The van der Waals surface area contributed by atoms with Crippen molar-refractivity contribution in [3.8, 4) is 11.5 Å². The van der Waals surface area contributed by atoms with Crippen molar-refractivity contribution in [2.24, 2.45) is 0 Å². The summed E-state index contributed by atoms with van der Waals surface area (Å²) in [5.41, 5.74) is 2.34. The van der Waals surface area contributed by atoms with Gasteiger partial charge >= 0.3 is 0 Å². The second kappa shape index (κ2) is 7.24. The Bertz CT molecular complexity index is 1420. The van der Waals surface area contributed by atoms with Crippen molar-refractivity contribution >= 4 is 39.4 Å². The molecule has 9 heteroatoms. The number of imide groups is 1. The summed E-state index contributed by atoms with van der Waals surface area (Å²) in [6, 6.07) is 12.8. The van der Waals surface area contributed by atoms with E-state index in [1.165, 1.54) is 17.0 Å². The number of fused-ring (bicyclic) bond motifs is 2. The molecule has 2 amide bonds. The normalized spacial score (nSPS) is 13.5. The molecule has 0 fully saturated rings. The summed E-state index contributed by atoms with van der Waals surface area (Å²) in [5, 5.41) is 12.1. The first kappa shape index (κ1) is 19.8. The van der Waals surface area contributed by atoms with Gasteiger partial charge < -0.3 is 9.32 Å². The van der Waals surface area contributed by atoms with Crippen LogP contribution >= 0.6 is 0 Å². The fraction of sp³-hybridized carbons (Fsp3) is 0.174. The van der Waals surface area contributed by atoms with E-state index in [9.17, 15) is 19.7 Å². The van der Waals surface area contributed by atoms with Gasteiger partial charge in [0, 0.05) is 47.1 Å². The van der Waals surface area contributed by atoms with Crippen molar-refractivity contribution < 1.29 is 18.9 Å². The highest BCUT2D eigenvalue weighted by molar-refractivity contribution is 6.28. The van der Waals surface area contributed by atoms with Gasteiger partial charge in [0.25, 0.3) is 17.5 Å². The van der Waals surface area contributed by atoms with E-state index >= 15 is 0 Å². The molecule has 32 heavy (non-hydrogen) atoms. The quantitative estimate of drug-likeness (QED) is 0.270. The first-order valence-electron chi connectivity index (χ1n) is 9.97. The molecule has 4 aromatic rings. The van der Waals surface area contributed by atoms with Crippen molar-refractivity contribution in [3.05, 3.63) is 69.8 Å². The standard InChI is InChI=1S/C23H18N4O5/c1-25(2)10-11-26-22(28)16-5-3-4-15-19(16)17(23(26)29)12-18-20(15)32-21(24-18)13-6-8-14(9-7-13)27(30)31/h3-9,12H,10-11H2,1-2H3. The van der Waals surface area contributed by atoms with E-state index in [2.05, 4.69) is 4.98 Å². The lowest BCUT2D eigenvalue weighted by Crippen LogP contribution is -2.43. The van der Waals surface area contributed by atoms with E-state index in [-0.39, 0.29) is 29.9 Å². The largest absolute Gasteiger partial charge is 0.435 e. The molecule has 0 saturated heterocycles. The predicted molar refractivity (Wildman–Crippen MR) is 118 cm³/mol. The summed E-state index contributed by atoms with van der Waals surface area (Å²) in [4.78, 5) is 44.4. The summed E-state index contributed by atoms with van der Waals surface area (Å²) in [5.74, 6) is -0.409. The number of hydrogen-bond acceptors (Lipinski definition) is 7. The predicted octanol–water partition coefficient (Wildman–Crippen LogP) is 3.71. The maximum absolute atomic E-state index is 13.2. The molecule has 0 saturated carbocycles. The Morgan fingerprint density at radius 2 is 1.78 bits per heavy atom. The van der Waals surface area contributed by atoms with Crippen LogP contribution in [-0.4, -0.2) is 58.7 Å². The third kappa shape index (κ3) is 3.02. The van der Waals surface area contributed by atoms with Gasteiger partial charge in [0.1, 0.15) is 5.52 Å². The molecule has 0 aliphatic carbocycles. The second-order valence-electron chi connectivity index (χ2n) is 7.89. The number of amides is 2. The van der Waals surface area contributed by atoms with E-state index in [0.29, 0.717) is 45.1 Å². The number of nitro benzene ring substituents is 1. The highest BCUT2D eigenvalue weighted by atomic mass is 16.6. The zero-order valence-corrected chi connectivity index (χ0v) is 17.4. The van der Waals surface area contributed by atoms with E-state index in [4.69, 9.17) is 4.42 Å². The second-order valence-corrected chi connectivity index (χ2v) is 7.89. The van der Waals surface area contributed by atoms with Crippen molar-refractivity contribution in [2.45, 2.75) is 0 Å². The minimum Gasteiger partial charge on any atom is -0.435 e. The first-order valence-corrected chi connectivity index (χ1v) is 9.97. The Morgan fingerprint density at radius 1 is 1.06 bits per heavy atom. The monoisotopic (exact) mass is 430 g/mol. The lowest BCUT2D eigenvalue weighted by atomic mass is 9.93. The number of carbonyl (C=O) groups excluding carboxylic acids is 2. The van der Waals surface area contributed by atoms with E-state index in [1.54, 1.807) is 36.4 Å². The molecule has 3 aromatic carbocycles. The van der Waals surface area contributed by atoms with Gasteiger partial charge in [-0.05, 0) is 38.4 Å². The lowest BCUT2D eigenvalue weighted by Gasteiger charge is -2.28. The van der Waals surface area contributed by atoms with Crippen LogP contribution in [0.2, 0.25) is 0 Å². The number of aromatic nitrogens is 1. The van der Waals surface area contributed by atoms with E-state index in [1.807, 2.05) is 19.0 Å². The number of benzene rings is 3. The molecule has 0 radical (unpaired) electrons. The highest BCUT2D eigenvalue weighted by Crippen LogP contribution is 2.37. The molecule has 1 aliphatic rings. The van der Waals surface area contributed by atoms with Crippen LogP contribution in [0.3, 0.4) is 0 Å². The first-order chi connectivity index (χ1) is 15.3. The molecule has 1 aliphatic heterocycles. The molecular weight excluding hydrogens is 412 g/mol. The molecule has 5 rings (SSSR count). The van der Waals surface area contributed by atoms with Crippen molar-refractivity contribution in [3.63, 3.8) is 0 Å². The van der Waals surface area contributed by atoms with Crippen LogP contribution in [0.15, 0.2) is 52.9 Å². The van der Waals surface area contributed by atoms with Gasteiger partial charge in [-0.1, -0.05) is 12.1 Å². The van der Waals surface area contributed by atoms with Crippen molar-refractivity contribution in [1.29, 1.82) is 0 Å². The number of oxazole rings is 1. The SMILES string of the molecule is CN(C)CCN1C(=O)c2cccc3c2c(cc2nc(-c4ccc([N+](=O)[O-])cc4)oc23)C1=O. The van der Waals surface area contributed by atoms with Gasteiger partial charge in [-0.3, -0.25) is 24.6 Å². The molecule has 0 spiro atoms. The number of nitrogens with zero attached hydrogens (tertiary/aromatic N) is 4. The van der Waals surface area contributed by atoms with Crippen molar-refractivity contribution in [2.75, 3.05) is 27.2 Å². The fourth-order valence-electron chi connectivity index (χ4n) is 3.95. The number of likely N-dealkylation sites (N-methyl/N-ethyl adjacent to an activating group) is 1. The van der Waals surface area contributed by atoms with Crippen LogP contribution in [0.5, 0.6) is 0 Å². The maximum atomic E-state index is 13.2. The van der Waals surface area contributed by atoms with Gasteiger partial charge in [-0.2, -0.15) is 0 Å². The average Bonchev–Trinajstić information content (AvgIpc) is 3.21. The average molecular weight is 430 g/mol. The minimum absolute atomic E-state index is 0.0324. The molecule has 0 bridgehead atoms. The Labute approximate surface area is 182 Å². The summed E-state index contributed by atoms with van der Waals surface area (Å²) >= 11 is 0. The summed E-state index contributed by atoms with van der Waals surface area (Å²) in [6.07, 6.45) is 0. The third-order valence-electron chi connectivity index (χ3n) is 5.56. The number of hydrogen-bond donors (Lipinski definition) is 0. The topological polar surface area (TPSA) is 110 Å². The summed E-state index contributed by atoms with van der Waals surface area (Å²) < 4.78 is 6.00. The summed E-state index contributed by atoms with van der Waals surface area (Å²) in [7, 11) is 3.76. The molecule has 0 unspecified atom stereocenters. The Kier molecular flexibility index (Phi) is 4.49. The van der Waals surface area contributed by atoms with Gasteiger partial charge in [-0.15, -0.1) is 0 Å². The molecule has 0 N–H and O–H groups in total. The Hall–Kier alpha value is -4.11. The number of non-ortho nitro benzene ring substituents is 1. The zero-order chi connectivity index (χ0) is 22.6. The number of carbonyl (C=O) groups is 2. The summed E-state index contributed by atoms with van der Waals surface area (Å²) in [6.45, 7) is 0.838. The molecule has 1 aromatic heterocycles. The van der Waals surface area contributed by atoms with Gasteiger partial charge in [0.2, 0.25) is 5.89 Å². The fourth-order valence-corrected chi connectivity index (χ4v) is 3.95. The number of nitro groups is 1. The van der Waals surface area contributed by atoms with Gasteiger partial charge in [0.05, 0.1) is 10.5 Å². The molecule has 2 heterocycles. The van der Waals surface area contributed by atoms with E-state index in [0.717, 1.165) is 0 Å². The minimum atomic E-state index is -0.475. The highest BCUT2D eigenvalue weighted by Gasteiger charge is 2.34.